The summed E-state index contributed by atoms with van der Waals surface area (Å²) in [7, 11) is 1.37. The highest BCUT2D eigenvalue weighted by Crippen LogP contribution is 2.38. The number of benzene rings is 1. The molecule has 0 spiro atoms. The van der Waals surface area contributed by atoms with E-state index in [1.807, 2.05) is 11.3 Å². The van der Waals surface area contributed by atoms with E-state index in [1.165, 1.54) is 16.9 Å². The minimum absolute atomic E-state index is 0.200. The molecule has 1 aliphatic carbocycles. The number of methoxy groups -OCH3 is 1. The lowest BCUT2D eigenvalue weighted by Gasteiger charge is -2.35. The lowest BCUT2D eigenvalue weighted by atomic mass is 9.78. The Hall–Kier alpha value is -1.89. The maximum Gasteiger partial charge on any atom is 0.337 e. The molecular formula is C22H27NO4S. The van der Waals surface area contributed by atoms with Crippen molar-refractivity contribution in [2.75, 3.05) is 20.2 Å². The zero-order valence-corrected chi connectivity index (χ0v) is 17.2. The van der Waals surface area contributed by atoms with Gasteiger partial charge in [0.15, 0.2) is 0 Å². The Labute approximate surface area is 169 Å². The van der Waals surface area contributed by atoms with Gasteiger partial charge in [0, 0.05) is 29.4 Å². The maximum absolute atomic E-state index is 11.5. The molecule has 6 heteroatoms. The molecule has 0 unspecified atom stereocenters. The van der Waals surface area contributed by atoms with Crippen LogP contribution in [-0.2, 0) is 11.3 Å². The van der Waals surface area contributed by atoms with Crippen molar-refractivity contribution >= 4 is 17.3 Å². The van der Waals surface area contributed by atoms with Gasteiger partial charge in [0.2, 0.25) is 0 Å². The van der Waals surface area contributed by atoms with E-state index < -0.39 is 6.10 Å². The number of carbonyl (C=O) groups is 1. The molecule has 2 fully saturated rings. The van der Waals surface area contributed by atoms with Crippen LogP contribution in [0.15, 0.2) is 36.4 Å². The van der Waals surface area contributed by atoms with Gasteiger partial charge < -0.3 is 14.6 Å². The Morgan fingerprint density at radius 2 is 1.86 bits per heavy atom. The molecule has 1 N–H and O–H groups in total. The molecule has 2 heterocycles. The van der Waals surface area contributed by atoms with Gasteiger partial charge in [-0.3, -0.25) is 4.90 Å². The van der Waals surface area contributed by atoms with Crippen molar-refractivity contribution < 1.29 is 19.4 Å². The van der Waals surface area contributed by atoms with Gasteiger partial charge in [-0.25, -0.2) is 4.79 Å². The average molecular weight is 402 g/mol. The molecule has 28 heavy (non-hydrogen) atoms. The molecule has 4 rings (SSSR count). The van der Waals surface area contributed by atoms with Crippen LogP contribution >= 0.6 is 11.3 Å². The van der Waals surface area contributed by atoms with Gasteiger partial charge in [-0.2, -0.15) is 0 Å². The van der Waals surface area contributed by atoms with E-state index in [9.17, 15) is 9.90 Å². The van der Waals surface area contributed by atoms with Crippen molar-refractivity contribution in [2.45, 2.75) is 38.5 Å². The van der Waals surface area contributed by atoms with E-state index in [1.54, 1.807) is 24.3 Å². The molecule has 5 nitrogen and oxygen atoms in total. The van der Waals surface area contributed by atoms with Gasteiger partial charge in [0.25, 0.3) is 0 Å². The molecule has 1 aromatic carbocycles. The predicted octanol–water partition coefficient (Wildman–Crippen LogP) is 3.49. The van der Waals surface area contributed by atoms with Crippen LogP contribution in [0.1, 0.15) is 33.0 Å². The molecule has 150 valence electrons. The van der Waals surface area contributed by atoms with Crippen molar-refractivity contribution in [3.63, 3.8) is 0 Å². The normalized spacial score (nSPS) is 27.4. The number of ether oxygens (including phenoxy) is 2. The largest absolute Gasteiger partial charge is 0.488 e. The number of aliphatic hydroxyl groups excluding tert-OH is 1. The highest BCUT2D eigenvalue weighted by molar-refractivity contribution is 7.11. The van der Waals surface area contributed by atoms with Gasteiger partial charge >= 0.3 is 5.97 Å². The van der Waals surface area contributed by atoms with Crippen LogP contribution in [0.25, 0.3) is 0 Å². The zero-order valence-electron chi connectivity index (χ0n) is 16.3. The molecule has 2 aromatic rings. The monoisotopic (exact) mass is 401 g/mol. The second kappa shape index (κ2) is 8.23. The third-order valence-electron chi connectivity index (χ3n) is 5.90. The van der Waals surface area contributed by atoms with Gasteiger partial charge in [-0.1, -0.05) is 0 Å². The molecule has 0 radical (unpaired) electrons. The zero-order chi connectivity index (χ0) is 19.7. The molecular weight excluding hydrogens is 374 g/mol. The summed E-state index contributed by atoms with van der Waals surface area (Å²) in [5.74, 6) is 1.42. The summed E-state index contributed by atoms with van der Waals surface area (Å²) < 4.78 is 10.8. The Morgan fingerprint density at radius 3 is 2.50 bits per heavy atom. The van der Waals surface area contributed by atoms with E-state index >= 15 is 0 Å². The molecule has 1 aromatic heterocycles. The summed E-state index contributed by atoms with van der Waals surface area (Å²) in [6.45, 7) is 5.27. The van der Waals surface area contributed by atoms with E-state index in [-0.39, 0.29) is 12.1 Å². The number of rotatable bonds is 5. The minimum Gasteiger partial charge on any atom is -0.488 e. The average Bonchev–Trinajstić information content (AvgIpc) is 3.27. The number of hydrogen-bond acceptors (Lipinski definition) is 6. The Kier molecular flexibility index (Phi) is 5.71. The van der Waals surface area contributed by atoms with Gasteiger partial charge in [0.05, 0.1) is 18.8 Å². The number of likely N-dealkylation sites (tertiary alicyclic amines) is 1. The van der Waals surface area contributed by atoms with Crippen LogP contribution < -0.4 is 4.74 Å². The number of esters is 1. The van der Waals surface area contributed by atoms with Gasteiger partial charge in [-0.15, -0.1) is 11.3 Å². The molecule has 1 saturated carbocycles. The van der Waals surface area contributed by atoms with Crippen LogP contribution in [0.2, 0.25) is 0 Å². The fraction of sp³-hybridized carbons (Fsp3) is 0.500. The van der Waals surface area contributed by atoms with Crippen molar-refractivity contribution in [1.29, 1.82) is 0 Å². The van der Waals surface area contributed by atoms with Crippen LogP contribution in [0.4, 0.5) is 0 Å². The summed E-state index contributed by atoms with van der Waals surface area (Å²) in [6, 6.07) is 11.3. The standard InChI is InChI=1S/C22H27NO4S/c1-14-3-8-19(28-14)13-23-11-16-9-20(24)21(10-17(16)12-23)27-18-6-4-15(5-7-18)22(25)26-2/h3-8,16-17,20-21,24H,9-13H2,1-2H3/t16-,17+,20+,21+/m0/s1. The van der Waals surface area contributed by atoms with Crippen LogP contribution in [0.3, 0.4) is 0 Å². The second-order valence-corrected chi connectivity index (χ2v) is 9.31. The van der Waals surface area contributed by atoms with Gasteiger partial charge in [0.1, 0.15) is 11.9 Å². The molecule has 0 amide bonds. The summed E-state index contributed by atoms with van der Waals surface area (Å²) in [5, 5.41) is 10.6. The summed E-state index contributed by atoms with van der Waals surface area (Å²) in [6.07, 6.45) is 1.000. The first-order valence-electron chi connectivity index (χ1n) is 9.82. The third kappa shape index (κ3) is 4.24. The number of hydrogen-bond donors (Lipinski definition) is 1. The van der Waals surface area contributed by atoms with Crippen molar-refractivity contribution in [3.05, 3.63) is 51.7 Å². The van der Waals surface area contributed by atoms with Crippen LogP contribution in [0.5, 0.6) is 5.75 Å². The third-order valence-corrected chi connectivity index (χ3v) is 6.88. The fourth-order valence-electron chi connectivity index (χ4n) is 4.50. The first-order valence-corrected chi connectivity index (χ1v) is 10.6. The topological polar surface area (TPSA) is 59.0 Å². The quantitative estimate of drug-likeness (QED) is 0.777. The SMILES string of the molecule is COC(=O)c1ccc(O[C@@H]2C[C@@H]3CN(Cc4ccc(C)s4)C[C@@H]3C[C@H]2O)cc1. The predicted molar refractivity (Wildman–Crippen MR) is 109 cm³/mol. The summed E-state index contributed by atoms with van der Waals surface area (Å²) in [5.41, 5.74) is 0.495. The molecule has 1 saturated heterocycles. The van der Waals surface area contributed by atoms with Crippen molar-refractivity contribution in [3.8, 4) is 5.75 Å². The Morgan fingerprint density at radius 1 is 1.14 bits per heavy atom. The number of aryl methyl sites for hydroxylation is 1. The van der Waals surface area contributed by atoms with E-state index in [4.69, 9.17) is 9.47 Å². The molecule has 0 bridgehead atoms. The lowest BCUT2D eigenvalue weighted by Crippen LogP contribution is -2.42. The highest BCUT2D eigenvalue weighted by Gasteiger charge is 2.42. The number of nitrogens with zero attached hydrogens (tertiary/aromatic N) is 1. The summed E-state index contributed by atoms with van der Waals surface area (Å²) >= 11 is 1.87. The van der Waals surface area contributed by atoms with Crippen LogP contribution in [0, 0.1) is 18.8 Å². The van der Waals surface area contributed by atoms with E-state index in [0.29, 0.717) is 23.1 Å². The molecule has 1 aliphatic heterocycles. The molecule has 4 atom stereocenters. The highest BCUT2D eigenvalue weighted by atomic mass is 32.1. The minimum atomic E-state index is -0.453. The van der Waals surface area contributed by atoms with Crippen molar-refractivity contribution in [1.82, 2.24) is 4.90 Å². The first-order chi connectivity index (χ1) is 13.5. The van der Waals surface area contributed by atoms with Crippen LogP contribution in [-0.4, -0.2) is 48.4 Å². The Bertz CT molecular complexity index is 818. The second-order valence-electron chi connectivity index (χ2n) is 7.94. The fourth-order valence-corrected chi connectivity index (χ4v) is 5.43. The number of thiophene rings is 1. The number of fused-ring (bicyclic) bond motifs is 1. The van der Waals surface area contributed by atoms with Gasteiger partial charge in [-0.05, 0) is 68.0 Å². The number of carbonyl (C=O) groups excluding carboxylic acids is 1. The van der Waals surface area contributed by atoms with Crippen molar-refractivity contribution in [2.24, 2.45) is 11.8 Å². The number of aliphatic hydroxyl groups is 1. The molecule has 2 aliphatic rings. The lowest BCUT2D eigenvalue weighted by molar-refractivity contribution is -0.0231. The maximum atomic E-state index is 11.5. The first kappa shape index (κ1) is 19.4. The Balaban J connectivity index is 1.35. The summed E-state index contributed by atoms with van der Waals surface area (Å²) in [4.78, 5) is 16.8. The smallest absolute Gasteiger partial charge is 0.337 e. The van der Waals surface area contributed by atoms with E-state index in [0.717, 1.165) is 32.5 Å². The van der Waals surface area contributed by atoms with E-state index in [2.05, 4.69) is 24.0 Å².